The minimum absolute atomic E-state index is 0.0266. The van der Waals surface area contributed by atoms with E-state index in [0.29, 0.717) is 26.3 Å². The number of hydrogen-bond donors (Lipinski definition) is 1. The summed E-state index contributed by atoms with van der Waals surface area (Å²) in [6.45, 7) is 4.16. The van der Waals surface area contributed by atoms with Gasteiger partial charge in [-0.2, -0.15) is 23.1 Å². The van der Waals surface area contributed by atoms with Crippen molar-refractivity contribution >= 4 is 40.8 Å². The lowest BCUT2D eigenvalue weighted by Gasteiger charge is -2.26. The van der Waals surface area contributed by atoms with Crippen molar-refractivity contribution in [3.63, 3.8) is 0 Å². The van der Waals surface area contributed by atoms with Crippen LogP contribution in [0.2, 0.25) is 0 Å². The molecule has 1 aromatic heterocycles. The molecular formula is C17H17Cl3F3N5O. The molecule has 1 saturated heterocycles. The number of anilines is 1. The first-order valence-electron chi connectivity index (χ1n) is 8.68. The molecule has 0 bridgehead atoms. The number of rotatable bonds is 5. The molecule has 0 unspecified atom stereocenters. The van der Waals surface area contributed by atoms with Gasteiger partial charge < -0.3 is 10.1 Å². The molecule has 6 nitrogen and oxygen atoms in total. The minimum Gasteiger partial charge on any atom is -0.379 e. The van der Waals surface area contributed by atoms with Crippen LogP contribution in [0.25, 0.3) is 11.4 Å². The molecule has 12 heteroatoms. The topological polar surface area (TPSA) is 63.2 Å². The summed E-state index contributed by atoms with van der Waals surface area (Å²) in [6.07, 6.45) is -4.50. The third-order valence-corrected chi connectivity index (χ3v) is 4.66. The van der Waals surface area contributed by atoms with Crippen molar-refractivity contribution in [1.29, 1.82) is 0 Å². The summed E-state index contributed by atoms with van der Waals surface area (Å²) in [6, 6.07) is 4.61. The van der Waals surface area contributed by atoms with Crippen molar-refractivity contribution in [2.45, 2.75) is 9.97 Å². The van der Waals surface area contributed by atoms with Crippen molar-refractivity contribution < 1.29 is 17.9 Å². The second kappa shape index (κ2) is 9.18. The number of nitrogens with one attached hydrogen (secondary N) is 1. The molecule has 1 aromatic carbocycles. The highest BCUT2D eigenvalue weighted by molar-refractivity contribution is 6.66. The minimum atomic E-state index is -4.50. The van der Waals surface area contributed by atoms with Crippen molar-refractivity contribution in [3.05, 3.63) is 35.7 Å². The van der Waals surface area contributed by atoms with Gasteiger partial charge in [-0.05, 0) is 12.1 Å². The Morgan fingerprint density at radius 1 is 1.07 bits per heavy atom. The Morgan fingerprint density at radius 2 is 1.79 bits per heavy atom. The van der Waals surface area contributed by atoms with Gasteiger partial charge in [0.05, 0.1) is 18.8 Å². The number of nitrogens with zero attached hydrogens (tertiary/aromatic N) is 4. The first-order chi connectivity index (χ1) is 13.6. The first kappa shape index (κ1) is 22.3. The second-order valence-corrected chi connectivity index (χ2v) is 8.54. The van der Waals surface area contributed by atoms with Crippen molar-refractivity contribution in [2.24, 2.45) is 0 Å². The third-order valence-electron chi connectivity index (χ3n) is 4.15. The Hall–Kier alpha value is -1.39. The molecule has 1 aliphatic rings. The van der Waals surface area contributed by atoms with E-state index in [1.54, 1.807) is 0 Å². The van der Waals surface area contributed by atoms with E-state index in [1.807, 2.05) is 0 Å². The Bertz CT molecular complexity index is 842. The van der Waals surface area contributed by atoms with Crippen LogP contribution in [0.1, 0.15) is 11.4 Å². The van der Waals surface area contributed by atoms with Gasteiger partial charge in [-0.15, -0.1) is 0 Å². The number of ether oxygens (including phenoxy) is 1. The summed E-state index contributed by atoms with van der Waals surface area (Å²) >= 11 is 17.7. The van der Waals surface area contributed by atoms with Gasteiger partial charge in [-0.25, -0.2) is 4.98 Å². The van der Waals surface area contributed by atoms with Gasteiger partial charge in [0.15, 0.2) is 11.6 Å². The molecular weight excluding hydrogens is 454 g/mol. The van der Waals surface area contributed by atoms with E-state index in [0.717, 1.165) is 25.2 Å². The maximum Gasteiger partial charge on any atom is 0.416 e. The Morgan fingerprint density at radius 3 is 2.45 bits per heavy atom. The van der Waals surface area contributed by atoms with E-state index in [2.05, 4.69) is 25.2 Å². The molecule has 29 heavy (non-hydrogen) atoms. The molecule has 0 atom stereocenters. The SMILES string of the molecule is FC(F)(F)c1cccc(-c2nc(NCCN3CCOCC3)nc(C(Cl)(Cl)Cl)n2)c1. The zero-order valence-corrected chi connectivity index (χ0v) is 17.3. The zero-order chi connectivity index (χ0) is 21.1. The molecule has 0 amide bonds. The van der Waals surface area contributed by atoms with Gasteiger partial charge in [0.2, 0.25) is 9.74 Å². The Labute approximate surface area is 180 Å². The van der Waals surface area contributed by atoms with Crippen LogP contribution < -0.4 is 5.32 Å². The van der Waals surface area contributed by atoms with E-state index in [9.17, 15) is 13.2 Å². The van der Waals surface area contributed by atoms with Crippen LogP contribution in [0.5, 0.6) is 0 Å². The van der Waals surface area contributed by atoms with Crippen LogP contribution in [-0.2, 0) is 14.7 Å². The van der Waals surface area contributed by atoms with Crippen molar-refractivity contribution in [2.75, 3.05) is 44.7 Å². The third kappa shape index (κ3) is 6.29. The number of halogens is 6. The summed E-state index contributed by atoms with van der Waals surface area (Å²) in [5.41, 5.74) is -0.693. The quantitative estimate of drug-likeness (QED) is 0.663. The van der Waals surface area contributed by atoms with Crippen molar-refractivity contribution in [3.8, 4) is 11.4 Å². The number of alkyl halides is 6. The molecule has 0 spiro atoms. The lowest BCUT2D eigenvalue weighted by molar-refractivity contribution is -0.137. The summed E-state index contributed by atoms with van der Waals surface area (Å²) in [7, 11) is 0. The highest BCUT2D eigenvalue weighted by atomic mass is 35.6. The Kier molecular flexibility index (Phi) is 7.06. The fourth-order valence-corrected chi connectivity index (χ4v) is 2.95. The molecule has 3 rings (SSSR count). The van der Waals surface area contributed by atoms with E-state index in [4.69, 9.17) is 39.5 Å². The maximum atomic E-state index is 13.0. The molecule has 2 heterocycles. The predicted molar refractivity (Wildman–Crippen MR) is 105 cm³/mol. The smallest absolute Gasteiger partial charge is 0.379 e. The first-order valence-corrected chi connectivity index (χ1v) is 9.81. The van der Waals surface area contributed by atoms with Crippen molar-refractivity contribution in [1.82, 2.24) is 19.9 Å². The molecule has 1 N–H and O–H groups in total. The molecule has 1 fully saturated rings. The number of morpholine rings is 1. The second-order valence-electron chi connectivity index (χ2n) is 6.26. The monoisotopic (exact) mass is 469 g/mol. The molecule has 1 aliphatic heterocycles. The normalized spacial score (nSPS) is 16.1. The molecule has 158 valence electrons. The van der Waals surface area contributed by atoms with Crippen LogP contribution >= 0.6 is 34.8 Å². The average Bonchev–Trinajstić information content (AvgIpc) is 2.67. The van der Waals surface area contributed by atoms with Gasteiger partial charge in [-0.3, -0.25) is 4.90 Å². The number of benzene rings is 1. The summed E-state index contributed by atoms with van der Waals surface area (Å²) in [4.78, 5) is 14.5. The number of aromatic nitrogens is 3. The Balaban J connectivity index is 1.84. The molecule has 2 aromatic rings. The highest BCUT2D eigenvalue weighted by Gasteiger charge is 2.32. The van der Waals surface area contributed by atoms with Gasteiger partial charge in [-0.1, -0.05) is 46.9 Å². The standard InChI is InChI=1S/C17H17Cl3F3N5O/c18-16(19,20)14-25-13(11-2-1-3-12(10-11)17(21,22)23)26-15(27-14)24-4-5-28-6-8-29-9-7-28/h1-3,10H,4-9H2,(H,24,25,26,27). The molecule has 0 aliphatic carbocycles. The van der Waals surface area contributed by atoms with Gasteiger partial charge >= 0.3 is 6.18 Å². The van der Waals surface area contributed by atoms with E-state index >= 15 is 0 Å². The van der Waals surface area contributed by atoms with Gasteiger partial charge in [0.1, 0.15) is 0 Å². The van der Waals surface area contributed by atoms with Crippen LogP contribution in [0.4, 0.5) is 19.1 Å². The van der Waals surface area contributed by atoms with Crippen LogP contribution in [0.15, 0.2) is 24.3 Å². The fourth-order valence-electron chi connectivity index (χ4n) is 2.70. The van der Waals surface area contributed by atoms with Crippen LogP contribution in [0, 0.1) is 0 Å². The van der Waals surface area contributed by atoms with E-state index < -0.39 is 15.5 Å². The van der Waals surface area contributed by atoms with Gasteiger partial charge in [0.25, 0.3) is 0 Å². The largest absolute Gasteiger partial charge is 0.416 e. The highest BCUT2D eigenvalue weighted by Crippen LogP contribution is 2.37. The lowest BCUT2D eigenvalue weighted by atomic mass is 10.1. The molecule has 0 saturated carbocycles. The van der Waals surface area contributed by atoms with Crippen LogP contribution in [-0.4, -0.2) is 59.2 Å². The van der Waals surface area contributed by atoms with Crippen LogP contribution in [0.3, 0.4) is 0 Å². The number of hydrogen-bond acceptors (Lipinski definition) is 6. The lowest BCUT2D eigenvalue weighted by Crippen LogP contribution is -2.39. The predicted octanol–water partition coefficient (Wildman–Crippen LogP) is 4.13. The average molecular weight is 471 g/mol. The van der Waals surface area contributed by atoms with Gasteiger partial charge in [0, 0.05) is 31.7 Å². The van der Waals surface area contributed by atoms with E-state index in [1.165, 1.54) is 12.1 Å². The molecule has 0 radical (unpaired) electrons. The zero-order valence-electron chi connectivity index (χ0n) is 15.0. The summed E-state index contributed by atoms with van der Waals surface area (Å²) in [5, 5.41) is 3.02. The van der Waals surface area contributed by atoms with E-state index in [-0.39, 0.29) is 23.2 Å². The summed E-state index contributed by atoms with van der Waals surface area (Å²) < 4.78 is 42.4. The fraction of sp³-hybridized carbons (Fsp3) is 0.471. The maximum absolute atomic E-state index is 13.0. The summed E-state index contributed by atoms with van der Waals surface area (Å²) in [5.74, 6) is -0.0953.